The lowest BCUT2D eigenvalue weighted by Crippen LogP contribution is -2.43. The molecule has 1 unspecified atom stereocenters. The molecular formula is C19H24FN3O. The lowest BCUT2D eigenvalue weighted by atomic mass is 10.0. The van der Waals surface area contributed by atoms with E-state index in [1.807, 2.05) is 12.3 Å². The van der Waals surface area contributed by atoms with Gasteiger partial charge in [0.2, 0.25) is 0 Å². The molecule has 1 aliphatic rings. The van der Waals surface area contributed by atoms with Crippen LogP contribution in [0, 0.1) is 5.82 Å². The third-order valence-corrected chi connectivity index (χ3v) is 4.57. The van der Waals surface area contributed by atoms with E-state index in [2.05, 4.69) is 21.3 Å². The summed E-state index contributed by atoms with van der Waals surface area (Å²) in [5, 5.41) is 13.6. The van der Waals surface area contributed by atoms with Crippen molar-refractivity contribution in [1.29, 1.82) is 0 Å². The number of hydrogen-bond acceptors (Lipinski definition) is 4. The molecule has 1 aromatic carbocycles. The maximum Gasteiger partial charge on any atom is 0.123 e. The number of halogens is 1. The van der Waals surface area contributed by atoms with E-state index < -0.39 is 6.10 Å². The number of nitrogens with one attached hydrogen (secondary N) is 1. The van der Waals surface area contributed by atoms with Gasteiger partial charge in [0.05, 0.1) is 6.10 Å². The molecule has 0 saturated carbocycles. The number of aliphatic hydroxyl groups excluding tert-OH is 1. The molecule has 2 heterocycles. The van der Waals surface area contributed by atoms with Crippen molar-refractivity contribution in [3.8, 4) is 0 Å². The van der Waals surface area contributed by atoms with E-state index in [4.69, 9.17) is 0 Å². The van der Waals surface area contributed by atoms with Crippen molar-refractivity contribution in [2.45, 2.75) is 31.5 Å². The van der Waals surface area contributed by atoms with Gasteiger partial charge in [-0.05, 0) is 55.3 Å². The van der Waals surface area contributed by atoms with E-state index in [-0.39, 0.29) is 5.82 Å². The molecule has 1 fully saturated rings. The fraction of sp³-hybridized carbons (Fsp3) is 0.421. The summed E-state index contributed by atoms with van der Waals surface area (Å²) in [7, 11) is 0. The Hall–Kier alpha value is -1.82. The lowest BCUT2D eigenvalue weighted by molar-refractivity contribution is 0.149. The van der Waals surface area contributed by atoms with Crippen molar-refractivity contribution >= 4 is 0 Å². The van der Waals surface area contributed by atoms with Gasteiger partial charge in [-0.1, -0.05) is 18.2 Å². The second kappa shape index (κ2) is 8.33. The molecule has 1 aliphatic heterocycles. The molecule has 128 valence electrons. The largest absolute Gasteiger partial charge is 0.387 e. The summed E-state index contributed by atoms with van der Waals surface area (Å²) >= 11 is 0. The smallest absolute Gasteiger partial charge is 0.123 e. The van der Waals surface area contributed by atoms with Gasteiger partial charge in [-0.15, -0.1) is 0 Å². The summed E-state index contributed by atoms with van der Waals surface area (Å²) in [6.45, 7) is 3.52. The fourth-order valence-corrected chi connectivity index (χ4v) is 3.13. The quantitative estimate of drug-likeness (QED) is 0.855. The number of pyridine rings is 1. The molecule has 0 radical (unpaired) electrons. The highest BCUT2D eigenvalue weighted by Crippen LogP contribution is 2.16. The molecule has 3 rings (SSSR count). The molecule has 0 spiro atoms. The van der Waals surface area contributed by atoms with Gasteiger partial charge in [-0.25, -0.2) is 4.39 Å². The van der Waals surface area contributed by atoms with Gasteiger partial charge < -0.3 is 10.4 Å². The van der Waals surface area contributed by atoms with Gasteiger partial charge in [-0.2, -0.15) is 0 Å². The van der Waals surface area contributed by atoms with Crippen LogP contribution in [-0.2, 0) is 6.54 Å². The summed E-state index contributed by atoms with van der Waals surface area (Å²) in [5.41, 5.74) is 1.99. The lowest BCUT2D eigenvalue weighted by Gasteiger charge is -2.32. The Kier molecular flexibility index (Phi) is 5.91. The van der Waals surface area contributed by atoms with Crippen LogP contribution in [0.3, 0.4) is 0 Å². The molecule has 2 aromatic rings. The number of aliphatic hydroxyl groups is 1. The van der Waals surface area contributed by atoms with Crippen LogP contribution in [0.1, 0.15) is 30.1 Å². The minimum Gasteiger partial charge on any atom is -0.387 e. The maximum atomic E-state index is 12.9. The molecule has 1 saturated heterocycles. The zero-order valence-electron chi connectivity index (χ0n) is 13.7. The average molecular weight is 329 g/mol. The summed E-state index contributed by atoms with van der Waals surface area (Å²) in [6.07, 6.45) is 5.25. The first-order chi connectivity index (χ1) is 11.7. The second-order valence-electron chi connectivity index (χ2n) is 6.39. The van der Waals surface area contributed by atoms with Gasteiger partial charge in [0.25, 0.3) is 0 Å². The van der Waals surface area contributed by atoms with Crippen molar-refractivity contribution in [1.82, 2.24) is 15.2 Å². The molecule has 1 atom stereocenters. The Morgan fingerprint density at radius 2 is 1.96 bits per heavy atom. The fourth-order valence-electron chi connectivity index (χ4n) is 3.13. The summed E-state index contributed by atoms with van der Waals surface area (Å²) in [4.78, 5) is 6.59. The standard InChI is InChI=1S/C19H24FN3O/c20-17-5-3-16(4-6-17)19(24)13-22-18-7-10-23(11-8-18)14-15-2-1-9-21-12-15/h1-6,9,12,18-19,22,24H,7-8,10-11,13-14H2. The first-order valence-corrected chi connectivity index (χ1v) is 8.49. The molecule has 5 heteroatoms. The molecular weight excluding hydrogens is 305 g/mol. The first-order valence-electron chi connectivity index (χ1n) is 8.49. The Morgan fingerprint density at radius 3 is 2.62 bits per heavy atom. The van der Waals surface area contributed by atoms with Crippen LogP contribution in [0.15, 0.2) is 48.8 Å². The highest BCUT2D eigenvalue weighted by Gasteiger charge is 2.20. The Morgan fingerprint density at radius 1 is 1.21 bits per heavy atom. The number of hydrogen-bond donors (Lipinski definition) is 2. The average Bonchev–Trinajstić information content (AvgIpc) is 2.62. The zero-order valence-corrected chi connectivity index (χ0v) is 13.7. The van der Waals surface area contributed by atoms with Crippen LogP contribution in [0.4, 0.5) is 4.39 Å². The topological polar surface area (TPSA) is 48.4 Å². The number of piperidine rings is 1. The van der Waals surface area contributed by atoms with Crippen LogP contribution in [0.2, 0.25) is 0 Å². The summed E-state index contributed by atoms with van der Waals surface area (Å²) in [6, 6.07) is 10.5. The molecule has 24 heavy (non-hydrogen) atoms. The Bertz CT molecular complexity index is 612. The zero-order chi connectivity index (χ0) is 16.8. The van der Waals surface area contributed by atoms with Gasteiger partial charge in [0, 0.05) is 31.5 Å². The second-order valence-corrected chi connectivity index (χ2v) is 6.39. The molecule has 2 N–H and O–H groups in total. The van der Waals surface area contributed by atoms with Crippen molar-refractivity contribution in [3.05, 3.63) is 65.7 Å². The van der Waals surface area contributed by atoms with Gasteiger partial charge in [0.1, 0.15) is 5.82 Å². The SMILES string of the molecule is OC(CNC1CCN(Cc2cccnc2)CC1)c1ccc(F)cc1. The van der Waals surface area contributed by atoms with Crippen LogP contribution in [-0.4, -0.2) is 40.7 Å². The number of likely N-dealkylation sites (tertiary alicyclic amines) is 1. The number of benzene rings is 1. The van der Waals surface area contributed by atoms with E-state index in [1.165, 1.54) is 17.7 Å². The van der Waals surface area contributed by atoms with E-state index >= 15 is 0 Å². The Balaban J connectivity index is 1.40. The normalized spacial score (nSPS) is 17.8. The number of rotatable bonds is 6. The third kappa shape index (κ3) is 4.84. The van der Waals surface area contributed by atoms with E-state index in [9.17, 15) is 9.50 Å². The van der Waals surface area contributed by atoms with E-state index in [0.717, 1.165) is 38.0 Å². The predicted molar refractivity (Wildman–Crippen MR) is 91.9 cm³/mol. The van der Waals surface area contributed by atoms with E-state index in [0.29, 0.717) is 12.6 Å². The van der Waals surface area contributed by atoms with Crippen LogP contribution >= 0.6 is 0 Å². The molecule has 1 aromatic heterocycles. The van der Waals surface area contributed by atoms with Crippen molar-refractivity contribution < 1.29 is 9.50 Å². The van der Waals surface area contributed by atoms with Crippen molar-refractivity contribution in [2.75, 3.05) is 19.6 Å². The van der Waals surface area contributed by atoms with Crippen LogP contribution < -0.4 is 5.32 Å². The van der Waals surface area contributed by atoms with Crippen LogP contribution in [0.5, 0.6) is 0 Å². The number of aromatic nitrogens is 1. The molecule has 0 aliphatic carbocycles. The third-order valence-electron chi connectivity index (χ3n) is 4.57. The highest BCUT2D eigenvalue weighted by atomic mass is 19.1. The Labute approximate surface area is 142 Å². The number of nitrogens with zero attached hydrogens (tertiary/aromatic N) is 2. The predicted octanol–water partition coefficient (Wildman–Crippen LogP) is 2.51. The molecule has 4 nitrogen and oxygen atoms in total. The van der Waals surface area contributed by atoms with Gasteiger partial charge in [0.15, 0.2) is 0 Å². The van der Waals surface area contributed by atoms with Gasteiger partial charge >= 0.3 is 0 Å². The minimum atomic E-state index is -0.598. The highest BCUT2D eigenvalue weighted by molar-refractivity contribution is 5.18. The van der Waals surface area contributed by atoms with Crippen molar-refractivity contribution in [3.63, 3.8) is 0 Å². The maximum absolute atomic E-state index is 12.9. The molecule has 0 bridgehead atoms. The molecule has 0 amide bonds. The minimum absolute atomic E-state index is 0.278. The summed E-state index contributed by atoms with van der Waals surface area (Å²) < 4.78 is 12.9. The van der Waals surface area contributed by atoms with E-state index in [1.54, 1.807) is 18.3 Å². The van der Waals surface area contributed by atoms with Crippen LogP contribution in [0.25, 0.3) is 0 Å². The monoisotopic (exact) mass is 329 g/mol. The first kappa shape index (κ1) is 17.0. The van der Waals surface area contributed by atoms with Crippen molar-refractivity contribution in [2.24, 2.45) is 0 Å². The van der Waals surface area contributed by atoms with Gasteiger partial charge in [-0.3, -0.25) is 9.88 Å². The summed E-state index contributed by atoms with van der Waals surface area (Å²) in [5.74, 6) is -0.278.